The summed E-state index contributed by atoms with van der Waals surface area (Å²) in [7, 11) is 1.54. The number of rotatable bonds is 5. The number of aliphatic carboxylic acids is 1. The molecule has 2 aromatic rings. The normalized spacial score (nSPS) is 22.0. The Bertz CT molecular complexity index is 1340. The van der Waals surface area contributed by atoms with E-state index in [4.69, 9.17) is 5.73 Å². The van der Waals surface area contributed by atoms with Crippen LogP contribution in [0.4, 0.5) is 5.69 Å². The number of likely N-dealkylation sites (N-methyl/N-ethyl adjacent to an activating group) is 1. The number of hydrogen-bond acceptors (Lipinski definition) is 11. The molecule has 1 aliphatic heterocycles. The minimum absolute atomic E-state index is 0.0467. The summed E-state index contributed by atoms with van der Waals surface area (Å²) in [5, 5.41) is 13.1. The molecule has 3 rings (SSSR count). The van der Waals surface area contributed by atoms with Gasteiger partial charge in [-0.2, -0.15) is 0 Å². The summed E-state index contributed by atoms with van der Waals surface area (Å²) in [5.74, 6) is -5.74. The lowest BCUT2D eigenvalue weighted by Crippen LogP contribution is -2.59. The third-order valence-electron chi connectivity index (χ3n) is 6.85. The number of fused-ring (bicyclic) bond motifs is 2. The molecule has 7 N–H and O–H groups in total. The molecule has 0 spiro atoms. The van der Waals surface area contributed by atoms with Crippen LogP contribution in [0.15, 0.2) is 48.5 Å². The fraction of sp³-hybridized carbons (Fsp3) is 0.379. The van der Waals surface area contributed by atoms with Crippen molar-refractivity contribution in [3.8, 4) is 0 Å². The standard InChI is InChI=1S/C29H36N6O7/c1-16(2)25-28(41)26(39)19-6-4-5-18(11-19)14-32-33-21(13-24(37)38)27(40)23(36)15-31-29(42)22(35(3)34-25)12-17-7-9-20(30)10-8-17/h4-11,16,21-22,25,32-34H,12-15,30H2,1-3H3,(H,31,42)(H,37,38)/t21-,22?,25-/m0/s1. The largest absolute Gasteiger partial charge is 0.481 e. The van der Waals surface area contributed by atoms with Gasteiger partial charge in [0.1, 0.15) is 6.04 Å². The van der Waals surface area contributed by atoms with Crippen LogP contribution >= 0.6 is 0 Å². The number of nitrogens with zero attached hydrogens (tertiary/aromatic N) is 1. The highest BCUT2D eigenvalue weighted by molar-refractivity contribution is 6.45. The van der Waals surface area contributed by atoms with Gasteiger partial charge in [0, 0.05) is 24.8 Å². The first-order valence-electron chi connectivity index (χ1n) is 13.4. The van der Waals surface area contributed by atoms with Crippen molar-refractivity contribution in [2.75, 3.05) is 19.3 Å². The number of carboxylic acid groups (broad SMARTS) is 1. The number of amides is 1. The number of hydrazine groups is 2. The van der Waals surface area contributed by atoms with Crippen LogP contribution in [-0.2, 0) is 36.9 Å². The first-order chi connectivity index (χ1) is 19.9. The first-order valence-corrected chi connectivity index (χ1v) is 13.4. The van der Waals surface area contributed by atoms with E-state index in [-0.39, 0.29) is 24.4 Å². The van der Waals surface area contributed by atoms with Gasteiger partial charge >= 0.3 is 5.97 Å². The van der Waals surface area contributed by atoms with Gasteiger partial charge in [-0.3, -0.25) is 34.2 Å². The Balaban J connectivity index is 1.99. The number of carbonyl (C=O) groups excluding carboxylic acids is 5. The molecule has 0 saturated carbocycles. The van der Waals surface area contributed by atoms with E-state index in [1.807, 2.05) is 0 Å². The SMILES string of the molecule is CC(C)[C@@H]1NN(C)C(Cc2ccc(N)cc2)C(=O)NCC(=O)C(=O)[C@H](CC(=O)O)NNCc2cccc(c2)C(=O)C1=O. The molecule has 224 valence electrons. The first kappa shape index (κ1) is 32.2. The molecule has 1 aliphatic rings. The Morgan fingerprint density at radius 3 is 2.36 bits per heavy atom. The van der Waals surface area contributed by atoms with E-state index in [0.717, 1.165) is 5.56 Å². The molecule has 13 nitrogen and oxygen atoms in total. The lowest BCUT2D eigenvalue weighted by atomic mass is 9.94. The van der Waals surface area contributed by atoms with Gasteiger partial charge in [-0.1, -0.05) is 44.2 Å². The van der Waals surface area contributed by atoms with Crippen molar-refractivity contribution >= 4 is 40.7 Å². The third-order valence-corrected chi connectivity index (χ3v) is 6.85. The molecular formula is C29H36N6O7. The van der Waals surface area contributed by atoms with Crippen LogP contribution in [0.25, 0.3) is 0 Å². The number of carboxylic acids is 1. The molecule has 0 fully saturated rings. The van der Waals surface area contributed by atoms with Crippen molar-refractivity contribution in [1.82, 2.24) is 26.6 Å². The zero-order valence-electron chi connectivity index (χ0n) is 23.7. The zero-order valence-corrected chi connectivity index (χ0v) is 23.7. The Kier molecular flexibility index (Phi) is 11.2. The molecule has 1 amide bonds. The van der Waals surface area contributed by atoms with Crippen molar-refractivity contribution in [1.29, 1.82) is 0 Å². The monoisotopic (exact) mass is 580 g/mol. The highest BCUT2D eigenvalue weighted by Gasteiger charge is 2.34. The number of ketones is 4. The molecule has 1 unspecified atom stereocenters. The Labute approximate surface area is 243 Å². The van der Waals surface area contributed by atoms with Gasteiger partial charge in [0.15, 0.2) is 0 Å². The molecule has 1 heterocycles. The van der Waals surface area contributed by atoms with Gasteiger partial charge in [0.05, 0.1) is 25.0 Å². The summed E-state index contributed by atoms with van der Waals surface area (Å²) in [6.07, 6.45) is -0.568. The van der Waals surface area contributed by atoms with Crippen LogP contribution in [-0.4, -0.2) is 76.8 Å². The van der Waals surface area contributed by atoms with Crippen LogP contribution in [0.1, 0.15) is 41.8 Å². The zero-order chi connectivity index (χ0) is 31.0. The fourth-order valence-electron chi connectivity index (χ4n) is 4.44. The molecule has 0 aromatic heterocycles. The number of benzene rings is 2. The van der Waals surface area contributed by atoms with Gasteiger partial charge in [0.2, 0.25) is 29.0 Å². The van der Waals surface area contributed by atoms with E-state index in [1.165, 1.54) is 17.1 Å². The predicted molar refractivity (Wildman–Crippen MR) is 153 cm³/mol. The number of carbonyl (C=O) groups is 6. The summed E-state index contributed by atoms with van der Waals surface area (Å²) in [4.78, 5) is 77.0. The Morgan fingerprint density at radius 1 is 1.02 bits per heavy atom. The van der Waals surface area contributed by atoms with Gasteiger partial charge < -0.3 is 16.2 Å². The van der Waals surface area contributed by atoms with Crippen LogP contribution in [0, 0.1) is 5.92 Å². The molecule has 42 heavy (non-hydrogen) atoms. The fourth-order valence-corrected chi connectivity index (χ4v) is 4.44. The highest BCUT2D eigenvalue weighted by atomic mass is 16.4. The van der Waals surface area contributed by atoms with Gasteiger partial charge in [0.25, 0.3) is 0 Å². The van der Waals surface area contributed by atoms with Crippen LogP contribution in [0.2, 0.25) is 0 Å². The summed E-state index contributed by atoms with van der Waals surface area (Å²) in [6, 6.07) is 9.69. The Morgan fingerprint density at radius 2 is 1.71 bits per heavy atom. The van der Waals surface area contributed by atoms with Crippen molar-refractivity contribution in [2.45, 2.75) is 51.4 Å². The maximum atomic E-state index is 13.4. The number of hydrogen-bond donors (Lipinski definition) is 6. The van der Waals surface area contributed by atoms with Crippen LogP contribution in [0.3, 0.4) is 0 Å². The van der Waals surface area contributed by atoms with Gasteiger partial charge in [-0.25, -0.2) is 15.9 Å². The molecule has 2 bridgehead atoms. The van der Waals surface area contributed by atoms with Gasteiger partial charge in [-0.15, -0.1) is 0 Å². The summed E-state index contributed by atoms with van der Waals surface area (Å²) in [6.45, 7) is 2.91. The minimum Gasteiger partial charge on any atom is -0.481 e. The molecule has 13 heteroatoms. The summed E-state index contributed by atoms with van der Waals surface area (Å²) < 4.78 is 0. The second-order valence-corrected chi connectivity index (χ2v) is 10.5. The lowest BCUT2D eigenvalue weighted by Gasteiger charge is -2.32. The Hall–Kier alpha value is -4.30. The number of nitrogens with one attached hydrogen (secondary N) is 4. The number of anilines is 1. The average molecular weight is 581 g/mol. The van der Waals surface area contributed by atoms with Crippen molar-refractivity contribution in [3.05, 3.63) is 65.2 Å². The van der Waals surface area contributed by atoms with Gasteiger partial charge in [-0.05, 0) is 41.7 Å². The average Bonchev–Trinajstić information content (AvgIpc) is 2.95. The summed E-state index contributed by atoms with van der Waals surface area (Å²) >= 11 is 0. The highest BCUT2D eigenvalue weighted by Crippen LogP contribution is 2.15. The number of Topliss-reactive ketones (excluding diaryl/α,β-unsaturated/α-hetero) is 4. The maximum Gasteiger partial charge on any atom is 0.305 e. The lowest BCUT2D eigenvalue weighted by molar-refractivity contribution is -0.143. The smallest absolute Gasteiger partial charge is 0.305 e. The van der Waals surface area contributed by atoms with E-state index >= 15 is 0 Å². The van der Waals surface area contributed by atoms with E-state index in [2.05, 4.69) is 21.6 Å². The number of nitrogen functional groups attached to an aromatic ring is 1. The quantitative estimate of drug-likeness (QED) is 0.201. The second kappa shape index (κ2) is 14.5. The minimum atomic E-state index is -1.42. The van der Waals surface area contributed by atoms with Crippen molar-refractivity contribution < 1.29 is 33.9 Å². The van der Waals surface area contributed by atoms with Crippen molar-refractivity contribution in [3.63, 3.8) is 0 Å². The third kappa shape index (κ3) is 8.60. The molecular weight excluding hydrogens is 544 g/mol. The molecule has 0 aliphatic carbocycles. The second-order valence-electron chi connectivity index (χ2n) is 10.5. The molecule has 2 aromatic carbocycles. The topological polar surface area (TPSA) is 200 Å². The van der Waals surface area contributed by atoms with Crippen LogP contribution < -0.4 is 27.3 Å². The molecule has 3 atom stereocenters. The van der Waals surface area contributed by atoms with Crippen molar-refractivity contribution in [2.24, 2.45) is 5.92 Å². The maximum absolute atomic E-state index is 13.4. The van der Waals surface area contributed by atoms with E-state index in [0.29, 0.717) is 11.3 Å². The molecule has 0 radical (unpaired) electrons. The van der Waals surface area contributed by atoms with Crippen LogP contribution in [0.5, 0.6) is 0 Å². The predicted octanol–water partition coefficient (Wildman–Crippen LogP) is -0.202. The van der Waals surface area contributed by atoms with E-state index < -0.39 is 66.1 Å². The van der Waals surface area contributed by atoms with E-state index in [1.54, 1.807) is 57.3 Å². The van der Waals surface area contributed by atoms with E-state index in [9.17, 15) is 33.9 Å². The summed E-state index contributed by atoms with van der Waals surface area (Å²) in [5.41, 5.74) is 16.0. The number of nitrogens with two attached hydrogens (primary N) is 1. The molecule has 0 saturated heterocycles.